The van der Waals surface area contributed by atoms with Crippen LogP contribution in [0.4, 0.5) is 11.4 Å². The molecule has 4 aromatic carbocycles. The first-order chi connectivity index (χ1) is 26.3. The van der Waals surface area contributed by atoms with Gasteiger partial charge in [0, 0.05) is 28.8 Å². The number of carbonyl (C=O) groups is 3. The number of benzene rings is 4. The molecule has 0 atom stereocenters. The molecule has 2 saturated carbocycles. The molecule has 4 aromatic rings. The first kappa shape index (κ1) is 42.7. The van der Waals surface area contributed by atoms with Gasteiger partial charge in [0.05, 0.1) is 46.8 Å². The maximum atomic E-state index is 12.0. The van der Waals surface area contributed by atoms with Crippen molar-refractivity contribution in [1.82, 2.24) is 5.32 Å². The van der Waals surface area contributed by atoms with Crippen molar-refractivity contribution in [2.24, 2.45) is 0 Å². The predicted molar refractivity (Wildman–Crippen MR) is 224 cm³/mol. The Bertz CT molecular complexity index is 2000. The third-order valence-electron chi connectivity index (χ3n) is 8.91. The zero-order valence-corrected chi connectivity index (χ0v) is 35.4. The first-order valence-electron chi connectivity index (χ1n) is 17.3. The molecule has 0 bridgehead atoms. The molecule has 5 N–H and O–H groups in total. The van der Waals surface area contributed by atoms with E-state index in [1.807, 2.05) is 36.4 Å². The summed E-state index contributed by atoms with van der Waals surface area (Å²) in [5, 5.41) is 28.2. The highest BCUT2D eigenvalue weighted by Gasteiger charge is 2.21. The van der Waals surface area contributed by atoms with Gasteiger partial charge in [0.1, 0.15) is 25.5 Å². The lowest BCUT2D eigenvalue weighted by Gasteiger charge is -2.28. The van der Waals surface area contributed by atoms with Gasteiger partial charge in [0.15, 0.2) is 5.75 Å². The Morgan fingerprint density at radius 1 is 0.691 bits per heavy atom. The quantitative estimate of drug-likeness (QED) is 0.0786. The van der Waals surface area contributed by atoms with Crippen LogP contribution in [0.1, 0.15) is 65.6 Å². The molecule has 16 heteroatoms. The highest BCUT2D eigenvalue weighted by atomic mass is 79.9. The molecule has 2 fully saturated rings. The summed E-state index contributed by atoms with van der Waals surface area (Å²) in [5.74, 6) is -1.79. The topological polar surface area (TPSA) is 146 Å². The van der Waals surface area contributed by atoms with Crippen LogP contribution in [0.3, 0.4) is 0 Å². The van der Waals surface area contributed by atoms with E-state index in [9.17, 15) is 14.4 Å². The van der Waals surface area contributed by atoms with Crippen molar-refractivity contribution in [3.63, 3.8) is 0 Å². The lowest BCUT2D eigenvalue weighted by Crippen LogP contribution is -2.29. The summed E-state index contributed by atoms with van der Waals surface area (Å²) in [6.07, 6.45) is 7.07. The number of carbonyl (C=O) groups excluding carboxylic acids is 1. The number of anilines is 2. The van der Waals surface area contributed by atoms with E-state index < -0.39 is 24.4 Å². The molecule has 0 saturated heterocycles. The van der Waals surface area contributed by atoms with Crippen LogP contribution in [0, 0.1) is 0 Å². The number of aliphatic carboxylic acids is 2. The van der Waals surface area contributed by atoms with Crippen molar-refractivity contribution in [3.8, 4) is 11.5 Å². The predicted octanol–water partition coefficient (Wildman–Crippen LogP) is 11.0. The maximum absolute atomic E-state index is 12.0. The number of rotatable bonds is 15. The van der Waals surface area contributed by atoms with Crippen molar-refractivity contribution in [1.29, 1.82) is 0 Å². The molecule has 0 spiro atoms. The lowest BCUT2D eigenvalue weighted by molar-refractivity contribution is -0.137. The molecule has 10 nitrogen and oxygen atoms in total. The van der Waals surface area contributed by atoms with E-state index in [1.54, 1.807) is 12.1 Å². The Morgan fingerprint density at radius 3 is 1.58 bits per heavy atom. The fourth-order valence-electron chi connectivity index (χ4n) is 5.56. The van der Waals surface area contributed by atoms with Crippen LogP contribution >= 0.6 is 78.3 Å². The molecule has 0 radical (unpaired) electrons. The van der Waals surface area contributed by atoms with Gasteiger partial charge >= 0.3 is 11.9 Å². The summed E-state index contributed by atoms with van der Waals surface area (Å²) in [7, 11) is 0. The van der Waals surface area contributed by atoms with Crippen LogP contribution in [0.2, 0.25) is 20.1 Å². The fraction of sp³-hybridized carbons (Fsp3) is 0.308. The van der Waals surface area contributed by atoms with E-state index in [1.165, 1.54) is 37.8 Å². The third-order valence-corrected chi connectivity index (χ3v) is 11.5. The summed E-state index contributed by atoms with van der Waals surface area (Å²) in [6.45, 7) is -0.0480. The van der Waals surface area contributed by atoms with Gasteiger partial charge in [-0.15, -0.1) is 0 Å². The van der Waals surface area contributed by atoms with Crippen LogP contribution in [-0.2, 0) is 29.2 Å². The molecule has 292 valence electrons. The SMILES string of the molecule is O=C(O)CNC(=O)c1cc(Cl)c(OCc2cccc(NC3CCC3)c2Cl)c(Cl)c1.O=C(O)Cc1cc(Br)c(OCc2cccc(NC3CCC3)c2Cl)c(Br)c1. The van der Waals surface area contributed by atoms with E-state index in [4.69, 9.17) is 66.1 Å². The largest absolute Gasteiger partial charge is 0.486 e. The second-order valence-corrected chi connectivity index (χ2v) is 16.3. The second-order valence-electron chi connectivity index (χ2n) is 13.0. The maximum Gasteiger partial charge on any atom is 0.322 e. The number of nitrogens with one attached hydrogen (secondary N) is 3. The van der Waals surface area contributed by atoms with Crippen LogP contribution in [0.15, 0.2) is 69.6 Å². The first-order valence-corrected chi connectivity index (χ1v) is 20.4. The van der Waals surface area contributed by atoms with Gasteiger partial charge in [-0.25, -0.2) is 0 Å². The minimum absolute atomic E-state index is 0.0435. The summed E-state index contributed by atoms with van der Waals surface area (Å²) in [5.41, 5.74) is 4.29. The zero-order chi connectivity index (χ0) is 39.6. The summed E-state index contributed by atoms with van der Waals surface area (Å²) in [6, 6.07) is 18.8. The lowest BCUT2D eigenvalue weighted by atomic mass is 9.93. The molecule has 2 aliphatic rings. The average molecular weight is 961 g/mol. The summed E-state index contributed by atoms with van der Waals surface area (Å²) < 4.78 is 13.1. The smallest absolute Gasteiger partial charge is 0.322 e. The molecule has 0 unspecified atom stereocenters. The van der Waals surface area contributed by atoms with Gasteiger partial charge in [0.25, 0.3) is 5.91 Å². The van der Waals surface area contributed by atoms with E-state index >= 15 is 0 Å². The van der Waals surface area contributed by atoms with E-state index in [0.29, 0.717) is 49.0 Å². The van der Waals surface area contributed by atoms with Gasteiger partial charge in [-0.3, -0.25) is 14.4 Å². The number of carboxylic acid groups (broad SMARTS) is 2. The molecule has 6 rings (SSSR count). The minimum Gasteiger partial charge on any atom is -0.486 e. The number of carboxylic acids is 2. The number of hydrogen-bond donors (Lipinski definition) is 5. The zero-order valence-electron chi connectivity index (χ0n) is 29.2. The van der Waals surface area contributed by atoms with E-state index in [0.717, 1.165) is 35.3 Å². The standard InChI is InChI=1S/C20H19Cl3N2O4.C19H18Br2ClNO3/c21-14-7-12(20(28)24-9-17(26)27)8-15(22)19(14)29-10-11-3-1-6-16(18(11)23)25-13-4-2-5-13;20-14-7-11(9-17(24)25)8-15(21)19(14)26-10-12-3-1-6-16(18(12)22)23-13-4-2-5-13/h1,3,6-8,13,25H,2,4-5,9-10H2,(H,24,28)(H,26,27);1,3,6-8,13,23H,2,4-5,9-10H2,(H,24,25). The Kier molecular flexibility index (Phi) is 15.7. The highest BCUT2D eigenvalue weighted by molar-refractivity contribution is 9.11. The van der Waals surface area contributed by atoms with Crippen LogP contribution in [-0.4, -0.2) is 46.7 Å². The van der Waals surface area contributed by atoms with E-state index in [2.05, 4.69) is 47.8 Å². The van der Waals surface area contributed by atoms with Crippen molar-refractivity contribution in [2.75, 3.05) is 17.2 Å². The molecule has 55 heavy (non-hydrogen) atoms. The number of ether oxygens (including phenoxy) is 2. The highest BCUT2D eigenvalue weighted by Crippen LogP contribution is 2.38. The van der Waals surface area contributed by atoms with Gasteiger partial charge in [-0.2, -0.15) is 0 Å². The number of halogens is 6. The van der Waals surface area contributed by atoms with Crippen molar-refractivity contribution in [2.45, 2.75) is 70.2 Å². The number of amides is 1. The fourth-order valence-corrected chi connectivity index (χ4v) is 8.14. The molecular weight excluding hydrogens is 924 g/mol. The average Bonchev–Trinajstić information content (AvgIpc) is 3.08. The molecule has 0 aliphatic heterocycles. The Hall–Kier alpha value is -3.39. The van der Waals surface area contributed by atoms with Crippen molar-refractivity contribution < 1.29 is 34.1 Å². The van der Waals surface area contributed by atoms with Gasteiger partial charge in [0.2, 0.25) is 0 Å². The van der Waals surface area contributed by atoms with Crippen molar-refractivity contribution in [3.05, 3.63) is 112 Å². The Morgan fingerprint density at radius 2 is 1.16 bits per heavy atom. The van der Waals surface area contributed by atoms with Crippen molar-refractivity contribution >= 4 is 107 Å². The normalized spacial score (nSPS) is 13.7. The van der Waals surface area contributed by atoms with Gasteiger partial charge in [-0.1, -0.05) is 70.7 Å². The molecule has 2 aliphatic carbocycles. The summed E-state index contributed by atoms with van der Waals surface area (Å²) in [4.78, 5) is 33.4. The van der Waals surface area contributed by atoms with Gasteiger partial charge < -0.3 is 35.6 Å². The molecule has 1 amide bonds. The Balaban J connectivity index is 0.000000212. The second kappa shape index (κ2) is 20.2. The molecular formula is C39H37Br2Cl4N3O7. The van der Waals surface area contributed by atoms with Crippen LogP contribution in [0.25, 0.3) is 0 Å². The molecule has 0 heterocycles. The van der Waals surface area contributed by atoms with Gasteiger partial charge in [-0.05, 0) is 112 Å². The number of hydrogen-bond acceptors (Lipinski definition) is 7. The third kappa shape index (κ3) is 12.1. The monoisotopic (exact) mass is 957 g/mol. The minimum atomic E-state index is -1.15. The summed E-state index contributed by atoms with van der Waals surface area (Å²) >= 11 is 32.4. The molecule has 0 aromatic heterocycles. The Labute approximate surface area is 355 Å². The van der Waals surface area contributed by atoms with Crippen LogP contribution < -0.4 is 25.4 Å². The van der Waals surface area contributed by atoms with Crippen LogP contribution in [0.5, 0.6) is 11.5 Å². The van der Waals surface area contributed by atoms with E-state index in [-0.39, 0.29) is 34.4 Å².